The number of rotatable bonds is 4. The largest absolute Gasteiger partial charge is 0.324 e. The van der Waals surface area contributed by atoms with Crippen molar-refractivity contribution in [1.29, 1.82) is 0 Å². The summed E-state index contributed by atoms with van der Waals surface area (Å²) in [7, 11) is 0. The Bertz CT molecular complexity index is 966. The van der Waals surface area contributed by atoms with Gasteiger partial charge in [-0.2, -0.15) is 0 Å². The van der Waals surface area contributed by atoms with Crippen LogP contribution in [-0.2, 0) is 11.3 Å². The van der Waals surface area contributed by atoms with E-state index in [0.717, 1.165) is 4.90 Å². The van der Waals surface area contributed by atoms with E-state index in [1.54, 1.807) is 36.9 Å². The minimum Gasteiger partial charge on any atom is -0.324 e. The summed E-state index contributed by atoms with van der Waals surface area (Å²) >= 11 is 1.60. The first kappa shape index (κ1) is 16.3. The summed E-state index contributed by atoms with van der Waals surface area (Å²) < 4.78 is 1.40. The number of carbonyl (C=O) groups excluding carboxylic acids is 1. The molecule has 0 fully saturated rings. The monoisotopic (exact) mass is 339 g/mol. The Morgan fingerprint density at radius 1 is 1.21 bits per heavy atom. The zero-order valence-electron chi connectivity index (χ0n) is 13.4. The van der Waals surface area contributed by atoms with Crippen molar-refractivity contribution in [2.75, 3.05) is 11.6 Å². The average Bonchev–Trinajstić information content (AvgIpc) is 2.59. The molecular weight excluding hydrogens is 322 g/mol. The first-order chi connectivity index (χ1) is 11.6. The number of aryl methyl sites for hydroxylation is 1. The summed E-state index contributed by atoms with van der Waals surface area (Å²) in [6, 6.07) is 14.7. The molecule has 1 amide bonds. The van der Waals surface area contributed by atoms with E-state index in [-0.39, 0.29) is 18.0 Å². The molecule has 0 aliphatic rings. The number of para-hydroxylation sites is 1. The molecule has 0 aliphatic carbocycles. The zero-order valence-corrected chi connectivity index (χ0v) is 14.3. The van der Waals surface area contributed by atoms with Crippen LogP contribution in [0.25, 0.3) is 10.9 Å². The maximum atomic E-state index is 12.6. The van der Waals surface area contributed by atoms with Crippen molar-refractivity contribution in [2.24, 2.45) is 0 Å². The molecule has 0 saturated heterocycles. The Balaban J connectivity index is 1.86. The van der Waals surface area contributed by atoms with Crippen LogP contribution in [0.15, 0.2) is 58.2 Å². The molecule has 0 atom stereocenters. The highest BCUT2D eigenvalue weighted by Crippen LogP contribution is 2.19. The van der Waals surface area contributed by atoms with Crippen LogP contribution in [0.4, 0.5) is 5.69 Å². The Hall–Kier alpha value is -2.60. The number of nitrogens with one attached hydrogen (secondary N) is 1. The van der Waals surface area contributed by atoms with Crippen molar-refractivity contribution in [3.8, 4) is 0 Å². The number of anilines is 1. The molecule has 5 nitrogen and oxygen atoms in total. The minimum atomic E-state index is -0.254. The van der Waals surface area contributed by atoms with Crippen molar-refractivity contribution in [1.82, 2.24) is 9.55 Å². The fourth-order valence-electron chi connectivity index (χ4n) is 2.51. The molecule has 3 aromatic rings. The molecule has 3 rings (SSSR count). The fourth-order valence-corrected chi connectivity index (χ4v) is 2.97. The molecule has 6 heteroatoms. The van der Waals surface area contributed by atoms with Crippen LogP contribution >= 0.6 is 11.8 Å². The van der Waals surface area contributed by atoms with E-state index in [9.17, 15) is 9.59 Å². The number of benzene rings is 2. The highest BCUT2D eigenvalue weighted by atomic mass is 32.2. The molecule has 0 unspecified atom stereocenters. The van der Waals surface area contributed by atoms with Crippen LogP contribution in [-0.4, -0.2) is 21.7 Å². The van der Waals surface area contributed by atoms with Crippen LogP contribution in [0, 0.1) is 6.92 Å². The predicted molar refractivity (Wildman–Crippen MR) is 97.6 cm³/mol. The van der Waals surface area contributed by atoms with Crippen LogP contribution in [0.3, 0.4) is 0 Å². The Labute approximate surface area is 143 Å². The number of hydrogen-bond donors (Lipinski definition) is 1. The third kappa shape index (κ3) is 3.33. The smallest absolute Gasteiger partial charge is 0.261 e. The highest BCUT2D eigenvalue weighted by Gasteiger charge is 2.11. The summed E-state index contributed by atoms with van der Waals surface area (Å²) in [5.74, 6) is 0.266. The van der Waals surface area contributed by atoms with Crippen LogP contribution < -0.4 is 10.9 Å². The molecule has 0 bridgehead atoms. The number of carbonyl (C=O) groups is 1. The number of aromatic nitrogens is 2. The van der Waals surface area contributed by atoms with Crippen molar-refractivity contribution < 1.29 is 4.79 Å². The molecule has 0 saturated carbocycles. The molecule has 24 heavy (non-hydrogen) atoms. The van der Waals surface area contributed by atoms with E-state index in [1.165, 1.54) is 4.57 Å². The number of hydrogen-bond acceptors (Lipinski definition) is 4. The molecule has 0 spiro atoms. The van der Waals surface area contributed by atoms with Gasteiger partial charge in [0.15, 0.2) is 0 Å². The van der Waals surface area contributed by atoms with E-state index in [4.69, 9.17) is 0 Å². The second kappa shape index (κ2) is 6.88. The maximum absolute atomic E-state index is 12.6. The summed E-state index contributed by atoms with van der Waals surface area (Å²) in [4.78, 5) is 30.4. The lowest BCUT2D eigenvalue weighted by molar-refractivity contribution is -0.116. The molecule has 122 valence electrons. The maximum Gasteiger partial charge on any atom is 0.261 e. The van der Waals surface area contributed by atoms with Gasteiger partial charge < -0.3 is 5.32 Å². The molecule has 0 radical (unpaired) electrons. The van der Waals surface area contributed by atoms with Crippen molar-refractivity contribution in [3.63, 3.8) is 0 Å². The number of nitrogens with zero attached hydrogens (tertiary/aromatic N) is 2. The second-order valence-corrected chi connectivity index (χ2v) is 6.23. The van der Waals surface area contributed by atoms with Crippen molar-refractivity contribution in [3.05, 3.63) is 64.7 Å². The van der Waals surface area contributed by atoms with Gasteiger partial charge in [0.2, 0.25) is 5.91 Å². The van der Waals surface area contributed by atoms with E-state index in [2.05, 4.69) is 10.3 Å². The predicted octanol–water partition coefficient (Wildman–Crippen LogP) is 3.07. The SMILES string of the molecule is CSc1cccc(NC(=O)Cn2c(C)nc3ccccc3c2=O)c1. The van der Waals surface area contributed by atoms with Gasteiger partial charge in [-0.3, -0.25) is 14.2 Å². The van der Waals surface area contributed by atoms with Gasteiger partial charge in [-0.05, 0) is 43.5 Å². The molecule has 2 aromatic carbocycles. The van der Waals surface area contributed by atoms with Gasteiger partial charge in [0.25, 0.3) is 5.56 Å². The van der Waals surface area contributed by atoms with Crippen LogP contribution in [0.1, 0.15) is 5.82 Å². The van der Waals surface area contributed by atoms with E-state index in [1.807, 2.05) is 36.6 Å². The van der Waals surface area contributed by atoms with Crippen LogP contribution in [0.2, 0.25) is 0 Å². The highest BCUT2D eigenvalue weighted by molar-refractivity contribution is 7.98. The standard InChI is InChI=1S/C18H17N3O2S/c1-12-19-16-9-4-3-8-15(16)18(23)21(12)11-17(22)20-13-6-5-7-14(10-13)24-2/h3-10H,11H2,1-2H3,(H,20,22). The molecule has 1 aromatic heterocycles. The van der Waals surface area contributed by atoms with E-state index in [0.29, 0.717) is 22.4 Å². The molecular formula is C18H17N3O2S. The number of amides is 1. The van der Waals surface area contributed by atoms with Gasteiger partial charge in [-0.15, -0.1) is 11.8 Å². The molecule has 1 heterocycles. The lowest BCUT2D eigenvalue weighted by atomic mass is 10.2. The number of thioether (sulfide) groups is 1. The quantitative estimate of drug-likeness (QED) is 0.742. The first-order valence-electron chi connectivity index (χ1n) is 7.48. The van der Waals surface area contributed by atoms with Crippen molar-refractivity contribution in [2.45, 2.75) is 18.4 Å². The first-order valence-corrected chi connectivity index (χ1v) is 8.71. The Kier molecular flexibility index (Phi) is 4.66. The van der Waals surface area contributed by atoms with E-state index >= 15 is 0 Å². The fraction of sp³-hybridized carbons (Fsp3) is 0.167. The van der Waals surface area contributed by atoms with Gasteiger partial charge in [0, 0.05) is 10.6 Å². The lowest BCUT2D eigenvalue weighted by Crippen LogP contribution is -2.30. The third-order valence-electron chi connectivity index (χ3n) is 3.71. The third-order valence-corrected chi connectivity index (χ3v) is 4.43. The van der Waals surface area contributed by atoms with Gasteiger partial charge in [-0.1, -0.05) is 18.2 Å². The molecule has 0 aliphatic heterocycles. The normalized spacial score (nSPS) is 10.8. The topological polar surface area (TPSA) is 64.0 Å². The van der Waals surface area contributed by atoms with Gasteiger partial charge in [-0.25, -0.2) is 4.98 Å². The second-order valence-electron chi connectivity index (χ2n) is 5.35. The van der Waals surface area contributed by atoms with Crippen LogP contribution in [0.5, 0.6) is 0 Å². The summed E-state index contributed by atoms with van der Waals surface area (Å²) in [6.45, 7) is 1.67. The van der Waals surface area contributed by atoms with Gasteiger partial charge in [0.05, 0.1) is 10.9 Å². The zero-order chi connectivity index (χ0) is 17.1. The van der Waals surface area contributed by atoms with E-state index < -0.39 is 0 Å². The average molecular weight is 339 g/mol. The Morgan fingerprint density at radius 3 is 2.79 bits per heavy atom. The Morgan fingerprint density at radius 2 is 2.00 bits per heavy atom. The van der Waals surface area contributed by atoms with Gasteiger partial charge in [0.1, 0.15) is 12.4 Å². The molecule has 1 N–H and O–H groups in total. The summed E-state index contributed by atoms with van der Waals surface area (Å²) in [5.41, 5.74) is 1.15. The lowest BCUT2D eigenvalue weighted by Gasteiger charge is -2.11. The minimum absolute atomic E-state index is 0.0635. The van der Waals surface area contributed by atoms with Crippen molar-refractivity contribution >= 4 is 34.3 Å². The summed E-state index contributed by atoms with van der Waals surface area (Å²) in [6.07, 6.45) is 1.98. The summed E-state index contributed by atoms with van der Waals surface area (Å²) in [5, 5.41) is 3.34. The van der Waals surface area contributed by atoms with Gasteiger partial charge >= 0.3 is 0 Å². The number of fused-ring (bicyclic) bond motifs is 1.